The fourth-order valence-electron chi connectivity index (χ4n) is 2.16. The van der Waals surface area contributed by atoms with Crippen molar-refractivity contribution >= 4 is 22.3 Å². The molecule has 6 nitrogen and oxygen atoms in total. The first-order chi connectivity index (χ1) is 9.60. The Morgan fingerprint density at radius 2 is 2.05 bits per heavy atom. The molecule has 1 aliphatic rings. The summed E-state index contributed by atoms with van der Waals surface area (Å²) >= 11 is 0. The van der Waals surface area contributed by atoms with E-state index in [1.54, 1.807) is 0 Å². The molecule has 1 aromatic rings. The van der Waals surface area contributed by atoms with Crippen LogP contribution in [0.25, 0.3) is 0 Å². The van der Waals surface area contributed by atoms with Crippen molar-refractivity contribution in [2.75, 3.05) is 12.8 Å². The Morgan fingerprint density at radius 3 is 2.57 bits per heavy atom. The van der Waals surface area contributed by atoms with E-state index in [0.717, 1.165) is 16.4 Å². The second-order valence-corrected chi connectivity index (χ2v) is 6.95. The highest BCUT2D eigenvalue weighted by molar-refractivity contribution is 7.89. The van der Waals surface area contributed by atoms with Crippen molar-refractivity contribution in [2.24, 2.45) is 10.7 Å². The smallest absolute Gasteiger partial charge is 0.239 e. The Balaban J connectivity index is 2.71. The number of guanidine groups is 1. The number of benzene rings is 1. The second kappa shape index (κ2) is 4.76. The molecule has 1 aromatic carbocycles. The molecular formula is C12H13F2N3O3S. The van der Waals surface area contributed by atoms with E-state index in [9.17, 15) is 22.0 Å². The van der Waals surface area contributed by atoms with Gasteiger partial charge in [-0.3, -0.25) is 4.79 Å². The molecule has 1 heterocycles. The summed E-state index contributed by atoms with van der Waals surface area (Å²) in [5.74, 6) is -3.42. The maximum Gasteiger partial charge on any atom is 0.239 e. The SMILES string of the molecule is CN1C(N)=N[C@](C)(c2cc(C=O)cc(F)c2F)CS1(=O)=O. The van der Waals surface area contributed by atoms with Gasteiger partial charge in [0, 0.05) is 18.2 Å². The summed E-state index contributed by atoms with van der Waals surface area (Å²) in [4.78, 5) is 14.7. The van der Waals surface area contributed by atoms with E-state index in [2.05, 4.69) is 4.99 Å². The molecule has 0 bridgehead atoms. The number of nitrogens with zero attached hydrogens (tertiary/aromatic N) is 2. The summed E-state index contributed by atoms with van der Waals surface area (Å²) in [5.41, 5.74) is 3.48. The van der Waals surface area contributed by atoms with Gasteiger partial charge in [-0.25, -0.2) is 26.5 Å². The second-order valence-electron chi connectivity index (χ2n) is 4.95. The summed E-state index contributed by atoms with van der Waals surface area (Å²) in [6.07, 6.45) is 0.339. The highest BCUT2D eigenvalue weighted by Crippen LogP contribution is 2.34. The van der Waals surface area contributed by atoms with Crippen LogP contribution in [-0.4, -0.2) is 37.8 Å². The molecule has 21 heavy (non-hydrogen) atoms. The minimum atomic E-state index is -3.82. The van der Waals surface area contributed by atoms with Crippen molar-refractivity contribution in [3.63, 3.8) is 0 Å². The maximum atomic E-state index is 14.0. The Morgan fingerprint density at radius 1 is 1.43 bits per heavy atom. The van der Waals surface area contributed by atoms with Gasteiger partial charge in [-0.05, 0) is 19.1 Å². The standard InChI is InChI=1S/C12H13F2N3O3S/c1-12(6-21(19,20)17(2)11(15)16-12)8-3-7(5-18)4-9(13)10(8)14/h3-5H,6H2,1-2H3,(H2,15,16)/t12-/m0/s1. The molecule has 0 fully saturated rings. The van der Waals surface area contributed by atoms with Crippen molar-refractivity contribution in [3.8, 4) is 0 Å². The van der Waals surface area contributed by atoms with E-state index in [0.29, 0.717) is 6.29 Å². The van der Waals surface area contributed by atoms with Crippen LogP contribution in [0.4, 0.5) is 8.78 Å². The Hall–Kier alpha value is -2.03. The number of aldehydes is 1. The fraction of sp³-hybridized carbons (Fsp3) is 0.333. The van der Waals surface area contributed by atoms with Gasteiger partial charge in [0.05, 0.1) is 5.75 Å². The Kier molecular flexibility index (Phi) is 3.48. The minimum absolute atomic E-state index is 0.116. The summed E-state index contributed by atoms with van der Waals surface area (Å²) < 4.78 is 52.4. The van der Waals surface area contributed by atoms with E-state index < -0.39 is 32.9 Å². The lowest BCUT2D eigenvalue weighted by atomic mass is 9.92. The largest absolute Gasteiger partial charge is 0.369 e. The molecule has 0 aromatic heterocycles. The number of nitrogens with two attached hydrogens (primary N) is 1. The summed E-state index contributed by atoms with van der Waals surface area (Å²) in [6.45, 7) is 1.32. The predicted octanol–water partition coefficient (Wildman–Crippen LogP) is 0.582. The van der Waals surface area contributed by atoms with Crippen molar-refractivity contribution in [2.45, 2.75) is 12.5 Å². The van der Waals surface area contributed by atoms with Crippen molar-refractivity contribution in [1.29, 1.82) is 0 Å². The molecule has 0 spiro atoms. The van der Waals surface area contributed by atoms with Gasteiger partial charge in [0.2, 0.25) is 16.0 Å². The molecule has 2 rings (SSSR count). The minimum Gasteiger partial charge on any atom is -0.369 e. The first kappa shape index (κ1) is 15.4. The average Bonchev–Trinajstić information content (AvgIpc) is 2.38. The summed E-state index contributed by atoms with van der Waals surface area (Å²) in [7, 11) is -2.60. The third-order valence-electron chi connectivity index (χ3n) is 3.33. The van der Waals surface area contributed by atoms with Crippen LogP contribution in [0.1, 0.15) is 22.8 Å². The van der Waals surface area contributed by atoms with Crippen LogP contribution in [0.2, 0.25) is 0 Å². The van der Waals surface area contributed by atoms with Gasteiger partial charge in [0.15, 0.2) is 11.6 Å². The van der Waals surface area contributed by atoms with E-state index in [1.165, 1.54) is 14.0 Å². The first-order valence-corrected chi connectivity index (χ1v) is 7.48. The van der Waals surface area contributed by atoms with Crippen LogP contribution in [0, 0.1) is 11.6 Å². The third-order valence-corrected chi connectivity index (χ3v) is 5.28. The summed E-state index contributed by atoms with van der Waals surface area (Å²) in [5, 5.41) is 0. The monoisotopic (exact) mass is 317 g/mol. The van der Waals surface area contributed by atoms with E-state index >= 15 is 0 Å². The number of halogens is 2. The van der Waals surface area contributed by atoms with Gasteiger partial charge in [0.1, 0.15) is 11.8 Å². The van der Waals surface area contributed by atoms with Crippen LogP contribution in [-0.2, 0) is 15.6 Å². The maximum absolute atomic E-state index is 14.0. The zero-order valence-corrected chi connectivity index (χ0v) is 12.1. The summed E-state index contributed by atoms with van der Waals surface area (Å²) in [6, 6.07) is 1.80. The zero-order chi connectivity index (χ0) is 16.0. The number of hydrogen-bond acceptors (Lipinski definition) is 5. The molecule has 0 radical (unpaired) electrons. The zero-order valence-electron chi connectivity index (χ0n) is 11.3. The van der Waals surface area contributed by atoms with Crippen molar-refractivity contribution in [3.05, 3.63) is 34.9 Å². The van der Waals surface area contributed by atoms with Gasteiger partial charge in [-0.15, -0.1) is 0 Å². The quantitative estimate of drug-likeness (QED) is 0.808. The van der Waals surface area contributed by atoms with Crippen LogP contribution in [0.5, 0.6) is 0 Å². The molecule has 0 saturated heterocycles. The first-order valence-electron chi connectivity index (χ1n) is 5.87. The van der Waals surface area contributed by atoms with Gasteiger partial charge in [0.25, 0.3) is 0 Å². The molecular weight excluding hydrogens is 304 g/mol. The third kappa shape index (κ3) is 2.48. The number of sulfonamides is 1. The highest BCUT2D eigenvalue weighted by atomic mass is 32.2. The topological polar surface area (TPSA) is 92.8 Å². The van der Waals surface area contributed by atoms with Crippen LogP contribution < -0.4 is 5.73 Å². The van der Waals surface area contributed by atoms with Gasteiger partial charge < -0.3 is 5.73 Å². The molecule has 114 valence electrons. The van der Waals surface area contributed by atoms with E-state index in [-0.39, 0.29) is 17.1 Å². The molecule has 0 unspecified atom stereocenters. The number of aliphatic imine (C=N–C) groups is 1. The molecule has 2 N–H and O–H groups in total. The van der Waals surface area contributed by atoms with E-state index in [1.807, 2.05) is 0 Å². The lowest BCUT2D eigenvalue weighted by Crippen LogP contribution is -2.50. The molecule has 9 heteroatoms. The normalized spacial score (nSPS) is 24.6. The van der Waals surface area contributed by atoms with E-state index in [4.69, 9.17) is 5.73 Å². The lowest BCUT2D eigenvalue weighted by molar-refractivity contribution is 0.112. The number of hydrogen-bond donors (Lipinski definition) is 1. The van der Waals surface area contributed by atoms with Gasteiger partial charge in [-0.1, -0.05) is 0 Å². The highest BCUT2D eigenvalue weighted by Gasteiger charge is 2.42. The lowest BCUT2D eigenvalue weighted by Gasteiger charge is -2.34. The number of carbonyl (C=O) groups excluding carboxylic acids is 1. The predicted molar refractivity (Wildman–Crippen MR) is 72.3 cm³/mol. The molecule has 0 amide bonds. The van der Waals surface area contributed by atoms with Crippen LogP contribution >= 0.6 is 0 Å². The molecule has 1 aliphatic heterocycles. The Labute approximate surface area is 120 Å². The number of rotatable bonds is 2. The van der Waals surface area contributed by atoms with Crippen molar-refractivity contribution in [1.82, 2.24) is 4.31 Å². The molecule has 1 atom stereocenters. The van der Waals surface area contributed by atoms with Gasteiger partial charge in [-0.2, -0.15) is 0 Å². The molecule has 0 saturated carbocycles. The number of carbonyl (C=O) groups is 1. The van der Waals surface area contributed by atoms with Crippen molar-refractivity contribution < 1.29 is 22.0 Å². The van der Waals surface area contributed by atoms with Gasteiger partial charge >= 0.3 is 0 Å². The average molecular weight is 317 g/mol. The van der Waals surface area contributed by atoms with Crippen LogP contribution in [0.3, 0.4) is 0 Å². The van der Waals surface area contributed by atoms with Crippen LogP contribution in [0.15, 0.2) is 17.1 Å². The fourth-order valence-corrected chi connectivity index (χ4v) is 3.61. The molecule has 0 aliphatic carbocycles. The Bertz CT molecular complexity index is 748.